The molecule has 5 heteroatoms. The van der Waals surface area contributed by atoms with Crippen molar-refractivity contribution in [3.05, 3.63) is 6.20 Å². The first-order valence-corrected chi connectivity index (χ1v) is 4.50. The number of thioether (sulfide) groups is 1. The van der Waals surface area contributed by atoms with Gasteiger partial charge in [-0.1, -0.05) is 0 Å². The predicted molar refractivity (Wildman–Crippen MR) is 42.4 cm³/mol. The fourth-order valence-corrected chi connectivity index (χ4v) is 1.51. The van der Waals surface area contributed by atoms with Gasteiger partial charge in [-0.2, -0.15) is 10.3 Å². The molecule has 0 radical (unpaired) electrons. The molecule has 1 aromatic heterocycles. The maximum absolute atomic E-state index is 5.48. The van der Waals surface area contributed by atoms with Crippen LogP contribution in [0.5, 0.6) is 0 Å². The first-order valence-electron chi connectivity index (χ1n) is 2.98. The Hall–Kier alpha value is -0.220. The molecule has 3 nitrogen and oxygen atoms in total. The average Bonchev–Trinajstić information content (AvgIpc) is 2.41. The number of rotatable bonds is 4. The monoisotopic (exact) mass is 177 g/mol. The van der Waals surface area contributed by atoms with Gasteiger partial charge in [-0.3, -0.25) is 0 Å². The van der Waals surface area contributed by atoms with Gasteiger partial charge in [-0.05, 0) is 6.42 Å². The van der Waals surface area contributed by atoms with Gasteiger partial charge in [0, 0.05) is 11.6 Å². The zero-order valence-corrected chi connectivity index (χ0v) is 6.95. The Labute approximate surface area is 68.5 Å². The molecule has 0 fully saturated rings. The fraction of sp³-hybridized carbons (Fsp3) is 0.600. The predicted octanol–water partition coefficient (Wildman–Crippen LogP) is 1.53. The van der Waals surface area contributed by atoms with Crippen LogP contribution in [0.4, 0.5) is 0 Å². The average molecular weight is 178 g/mol. The summed E-state index contributed by atoms with van der Waals surface area (Å²) in [7, 11) is 0. The van der Waals surface area contributed by atoms with Crippen LogP contribution in [0.3, 0.4) is 0 Å². The van der Waals surface area contributed by atoms with Gasteiger partial charge in [-0.25, -0.2) is 0 Å². The molecule has 0 aliphatic carbocycles. The summed E-state index contributed by atoms with van der Waals surface area (Å²) in [6.07, 6.45) is 2.72. The van der Waals surface area contributed by atoms with Crippen molar-refractivity contribution < 1.29 is 0 Å². The second-order valence-electron chi connectivity index (χ2n) is 1.70. The first kappa shape index (κ1) is 7.88. The minimum absolute atomic E-state index is 0.713. The van der Waals surface area contributed by atoms with E-state index in [1.807, 2.05) is 0 Å². The summed E-state index contributed by atoms with van der Waals surface area (Å²) in [5.41, 5.74) is 0. The summed E-state index contributed by atoms with van der Waals surface area (Å²) in [5, 5.41) is 11.0. The van der Waals surface area contributed by atoms with Gasteiger partial charge in [0.15, 0.2) is 0 Å². The summed E-state index contributed by atoms with van der Waals surface area (Å²) < 4.78 is 0. The summed E-state index contributed by atoms with van der Waals surface area (Å²) in [6, 6.07) is 0. The van der Waals surface area contributed by atoms with Gasteiger partial charge in [0.05, 0.1) is 6.20 Å². The van der Waals surface area contributed by atoms with Crippen LogP contribution in [0.25, 0.3) is 0 Å². The molecule has 0 bridgehead atoms. The number of hydrogen-bond donors (Lipinski definition) is 1. The Balaban J connectivity index is 2.15. The molecule has 0 aromatic carbocycles. The molecule has 56 valence electrons. The van der Waals surface area contributed by atoms with Gasteiger partial charge in [0.25, 0.3) is 0 Å². The van der Waals surface area contributed by atoms with Crippen LogP contribution >= 0.6 is 23.4 Å². The van der Waals surface area contributed by atoms with Crippen LogP contribution in [0.2, 0.25) is 0 Å². The lowest BCUT2D eigenvalue weighted by Gasteiger charge is -1.90. The van der Waals surface area contributed by atoms with Crippen LogP contribution in [0, 0.1) is 0 Å². The number of aromatic nitrogens is 3. The van der Waals surface area contributed by atoms with E-state index in [4.69, 9.17) is 11.6 Å². The quantitative estimate of drug-likeness (QED) is 0.431. The van der Waals surface area contributed by atoms with Crippen LogP contribution in [0.1, 0.15) is 6.42 Å². The Morgan fingerprint density at radius 3 is 3.20 bits per heavy atom. The fourth-order valence-electron chi connectivity index (χ4n) is 0.492. The van der Waals surface area contributed by atoms with E-state index in [0.29, 0.717) is 5.88 Å². The molecule has 0 aliphatic rings. The third-order valence-corrected chi connectivity index (χ3v) is 2.17. The third-order valence-electron chi connectivity index (χ3n) is 0.921. The molecule has 0 saturated carbocycles. The summed E-state index contributed by atoms with van der Waals surface area (Å²) in [5.74, 6) is 1.72. The summed E-state index contributed by atoms with van der Waals surface area (Å²) in [6.45, 7) is 0. The molecule has 10 heavy (non-hydrogen) atoms. The van der Waals surface area contributed by atoms with Gasteiger partial charge in [-0.15, -0.1) is 28.5 Å². The lowest BCUT2D eigenvalue weighted by atomic mass is 10.6. The molecule has 0 aliphatic heterocycles. The first-order chi connectivity index (χ1) is 4.93. The van der Waals surface area contributed by atoms with Crippen molar-refractivity contribution in [3.8, 4) is 0 Å². The third kappa shape index (κ3) is 2.58. The number of alkyl halides is 1. The maximum atomic E-state index is 5.48. The van der Waals surface area contributed by atoms with Crippen LogP contribution < -0.4 is 0 Å². The Morgan fingerprint density at radius 1 is 1.70 bits per heavy atom. The summed E-state index contributed by atoms with van der Waals surface area (Å²) >= 11 is 7.15. The van der Waals surface area contributed by atoms with Crippen molar-refractivity contribution in [2.75, 3.05) is 11.6 Å². The minimum atomic E-state index is 0.713. The van der Waals surface area contributed by atoms with Gasteiger partial charge < -0.3 is 0 Å². The second kappa shape index (κ2) is 4.57. The molecule has 0 unspecified atom stereocenters. The Bertz CT molecular complexity index is 165. The van der Waals surface area contributed by atoms with E-state index in [1.165, 1.54) is 0 Å². The molecule has 0 atom stereocenters. The van der Waals surface area contributed by atoms with Crippen molar-refractivity contribution in [3.63, 3.8) is 0 Å². The summed E-state index contributed by atoms with van der Waals surface area (Å²) in [4.78, 5) is 0. The number of halogens is 1. The van der Waals surface area contributed by atoms with E-state index in [1.54, 1.807) is 18.0 Å². The normalized spacial score (nSPS) is 10.1. The molecule has 0 amide bonds. The lowest BCUT2D eigenvalue weighted by Crippen LogP contribution is -1.80. The molecule has 0 saturated heterocycles. The van der Waals surface area contributed by atoms with Crippen molar-refractivity contribution in [2.24, 2.45) is 0 Å². The SMILES string of the molecule is ClCCCSc1cn[nH]n1. The van der Waals surface area contributed by atoms with Crippen molar-refractivity contribution in [1.29, 1.82) is 0 Å². The van der Waals surface area contributed by atoms with E-state index < -0.39 is 0 Å². The highest BCUT2D eigenvalue weighted by molar-refractivity contribution is 7.99. The number of nitrogens with one attached hydrogen (secondary N) is 1. The maximum Gasteiger partial charge on any atom is 0.138 e. The largest absolute Gasteiger partial charge is 0.197 e. The zero-order chi connectivity index (χ0) is 7.23. The van der Waals surface area contributed by atoms with E-state index in [9.17, 15) is 0 Å². The van der Waals surface area contributed by atoms with Gasteiger partial charge in [0.2, 0.25) is 0 Å². The smallest absolute Gasteiger partial charge is 0.138 e. The van der Waals surface area contributed by atoms with Crippen molar-refractivity contribution in [2.45, 2.75) is 11.4 Å². The van der Waals surface area contributed by atoms with Gasteiger partial charge >= 0.3 is 0 Å². The molecule has 1 aromatic rings. The molecular formula is C5H8ClN3S. The standard InChI is InChI=1S/C5H8ClN3S/c6-2-1-3-10-5-4-7-9-8-5/h4H,1-3H2,(H,7,8,9). The Morgan fingerprint density at radius 2 is 2.60 bits per heavy atom. The van der Waals surface area contributed by atoms with Crippen LogP contribution in [0.15, 0.2) is 11.2 Å². The Kier molecular flexibility index (Phi) is 3.60. The van der Waals surface area contributed by atoms with E-state index >= 15 is 0 Å². The van der Waals surface area contributed by atoms with Crippen LogP contribution in [-0.4, -0.2) is 27.0 Å². The van der Waals surface area contributed by atoms with E-state index in [2.05, 4.69) is 15.4 Å². The molecule has 1 N–H and O–H groups in total. The van der Waals surface area contributed by atoms with Crippen molar-refractivity contribution >= 4 is 23.4 Å². The highest BCUT2D eigenvalue weighted by atomic mass is 35.5. The number of aromatic amines is 1. The van der Waals surface area contributed by atoms with Crippen molar-refractivity contribution in [1.82, 2.24) is 15.4 Å². The second-order valence-corrected chi connectivity index (χ2v) is 3.19. The highest BCUT2D eigenvalue weighted by Crippen LogP contribution is 2.13. The number of hydrogen-bond acceptors (Lipinski definition) is 3. The van der Waals surface area contributed by atoms with E-state index in [0.717, 1.165) is 17.2 Å². The van der Waals surface area contributed by atoms with Gasteiger partial charge in [0.1, 0.15) is 5.03 Å². The van der Waals surface area contributed by atoms with Crippen LogP contribution in [-0.2, 0) is 0 Å². The number of nitrogens with zero attached hydrogens (tertiary/aromatic N) is 2. The molecule has 1 heterocycles. The van der Waals surface area contributed by atoms with E-state index in [-0.39, 0.29) is 0 Å². The molecule has 1 rings (SSSR count). The highest BCUT2D eigenvalue weighted by Gasteiger charge is 1.94. The minimum Gasteiger partial charge on any atom is -0.197 e. The number of H-pyrrole nitrogens is 1. The molecule has 0 spiro atoms. The lowest BCUT2D eigenvalue weighted by molar-refractivity contribution is 0.910. The molecular weight excluding hydrogens is 170 g/mol. The zero-order valence-electron chi connectivity index (χ0n) is 5.38. The topological polar surface area (TPSA) is 41.6 Å².